The van der Waals surface area contributed by atoms with Gasteiger partial charge in [-0.3, -0.25) is 5.43 Å². The summed E-state index contributed by atoms with van der Waals surface area (Å²) in [5, 5.41) is 2.45. The number of hydrogen-bond acceptors (Lipinski definition) is 7. The molecule has 1 aliphatic heterocycles. The third kappa shape index (κ3) is 3.13. The van der Waals surface area contributed by atoms with Gasteiger partial charge >= 0.3 is 0 Å². The molecule has 1 aromatic heterocycles. The van der Waals surface area contributed by atoms with Gasteiger partial charge in [-0.25, -0.2) is 14.6 Å². The molecule has 1 saturated heterocycles. The molecule has 0 amide bonds. The number of nitrogens with one attached hydrogen (secondary N) is 2. The number of hydrazine groups is 1. The van der Waals surface area contributed by atoms with E-state index in [2.05, 4.69) is 25.7 Å². The van der Waals surface area contributed by atoms with Crippen molar-refractivity contribution >= 4 is 17.8 Å². The molecule has 0 bridgehead atoms. The quantitative estimate of drug-likeness (QED) is 0.521. The molecule has 0 radical (unpaired) electrons. The van der Waals surface area contributed by atoms with Crippen LogP contribution in [-0.2, 0) is 0 Å². The lowest BCUT2D eigenvalue weighted by molar-refractivity contribution is 0.163. The third-order valence-corrected chi connectivity index (χ3v) is 2.56. The van der Waals surface area contributed by atoms with Crippen LogP contribution in [0.15, 0.2) is 0 Å². The molecule has 0 atom stereocenters. The Kier molecular flexibility index (Phi) is 4.03. The van der Waals surface area contributed by atoms with E-state index in [0.29, 0.717) is 5.95 Å². The number of rotatable bonds is 5. The summed E-state index contributed by atoms with van der Waals surface area (Å²) in [6, 6.07) is 0. The predicted octanol–water partition coefficient (Wildman–Crippen LogP) is 0.434. The first kappa shape index (κ1) is 12.7. The number of hydrogen-bond donors (Lipinski definition) is 3. The third-order valence-electron chi connectivity index (χ3n) is 2.56. The Hall–Kier alpha value is -1.77. The lowest BCUT2D eigenvalue weighted by atomic mass is 10.4. The van der Waals surface area contributed by atoms with Crippen LogP contribution in [0.5, 0.6) is 0 Å². The Morgan fingerprint density at radius 1 is 1.17 bits per heavy atom. The van der Waals surface area contributed by atoms with Gasteiger partial charge in [-0.2, -0.15) is 15.0 Å². The van der Waals surface area contributed by atoms with Gasteiger partial charge in [-0.15, -0.1) is 0 Å². The van der Waals surface area contributed by atoms with Crippen LogP contribution in [0.4, 0.5) is 26.6 Å². The zero-order valence-electron chi connectivity index (χ0n) is 9.74. The zero-order chi connectivity index (χ0) is 13.0. The standard InChI is InChI=1S/C9H15F2N7/c10-6(11)5-13-7-14-8(17-12)16-9(15-7)18-3-1-2-4-18/h6H,1-5,12H2,(H2,13,14,15,16,17). The molecule has 0 spiro atoms. The van der Waals surface area contributed by atoms with Crippen LogP contribution < -0.4 is 21.5 Å². The van der Waals surface area contributed by atoms with Gasteiger partial charge < -0.3 is 10.2 Å². The van der Waals surface area contributed by atoms with Crippen LogP contribution in [0.25, 0.3) is 0 Å². The van der Waals surface area contributed by atoms with Crippen LogP contribution in [0.3, 0.4) is 0 Å². The van der Waals surface area contributed by atoms with E-state index in [1.54, 1.807) is 0 Å². The SMILES string of the molecule is NNc1nc(NCC(F)F)nc(N2CCCC2)n1. The van der Waals surface area contributed by atoms with E-state index < -0.39 is 13.0 Å². The monoisotopic (exact) mass is 259 g/mol. The van der Waals surface area contributed by atoms with Crippen LogP contribution >= 0.6 is 0 Å². The summed E-state index contributed by atoms with van der Waals surface area (Å²) in [4.78, 5) is 14.0. The summed E-state index contributed by atoms with van der Waals surface area (Å²) < 4.78 is 24.2. The normalized spacial score (nSPS) is 15.2. The van der Waals surface area contributed by atoms with Crippen LogP contribution in [-0.4, -0.2) is 41.0 Å². The van der Waals surface area contributed by atoms with Crippen LogP contribution in [0, 0.1) is 0 Å². The fraction of sp³-hybridized carbons (Fsp3) is 0.667. The summed E-state index contributed by atoms with van der Waals surface area (Å²) in [6.07, 6.45) is -0.334. The van der Waals surface area contributed by atoms with Crippen molar-refractivity contribution in [2.75, 3.05) is 35.3 Å². The molecule has 1 fully saturated rings. The molecule has 0 unspecified atom stereocenters. The number of alkyl halides is 2. The van der Waals surface area contributed by atoms with E-state index in [1.165, 1.54) is 0 Å². The Labute approximate surface area is 103 Å². The largest absolute Gasteiger partial charge is 0.348 e. The molecule has 18 heavy (non-hydrogen) atoms. The fourth-order valence-electron chi connectivity index (χ4n) is 1.74. The molecule has 7 nitrogen and oxygen atoms in total. The topological polar surface area (TPSA) is 92.0 Å². The summed E-state index contributed by atoms with van der Waals surface area (Å²) in [6.45, 7) is 1.19. The summed E-state index contributed by atoms with van der Waals surface area (Å²) in [5.41, 5.74) is 2.30. The summed E-state index contributed by atoms with van der Waals surface area (Å²) >= 11 is 0. The Morgan fingerprint density at radius 3 is 2.44 bits per heavy atom. The smallest absolute Gasteiger partial charge is 0.255 e. The van der Waals surface area contributed by atoms with Gasteiger partial charge in [-0.1, -0.05) is 0 Å². The Bertz CT molecular complexity index is 395. The highest BCUT2D eigenvalue weighted by Crippen LogP contribution is 2.18. The van der Waals surface area contributed by atoms with Crippen molar-refractivity contribution in [3.63, 3.8) is 0 Å². The molecule has 4 N–H and O–H groups in total. The number of nitrogens with two attached hydrogens (primary N) is 1. The number of halogens is 2. The minimum absolute atomic E-state index is 0.0974. The molecule has 1 aromatic rings. The van der Waals surface area contributed by atoms with Gasteiger partial charge in [0.1, 0.15) is 0 Å². The minimum atomic E-state index is -2.47. The highest BCUT2D eigenvalue weighted by atomic mass is 19.3. The van der Waals surface area contributed by atoms with Crippen LogP contribution in [0.2, 0.25) is 0 Å². The van der Waals surface area contributed by atoms with Crippen molar-refractivity contribution < 1.29 is 8.78 Å². The predicted molar refractivity (Wildman–Crippen MR) is 63.6 cm³/mol. The molecule has 100 valence electrons. The van der Waals surface area contributed by atoms with Crippen molar-refractivity contribution in [1.29, 1.82) is 0 Å². The Balaban J connectivity index is 2.15. The molecule has 2 heterocycles. The molecule has 2 rings (SSSR count). The first-order valence-electron chi connectivity index (χ1n) is 5.68. The van der Waals surface area contributed by atoms with Crippen molar-refractivity contribution in [2.45, 2.75) is 19.3 Å². The average Bonchev–Trinajstić information content (AvgIpc) is 2.89. The van der Waals surface area contributed by atoms with Gasteiger partial charge in [0.05, 0.1) is 6.54 Å². The molecule has 0 aliphatic carbocycles. The van der Waals surface area contributed by atoms with Gasteiger partial charge in [0.2, 0.25) is 17.8 Å². The van der Waals surface area contributed by atoms with Gasteiger partial charge in [0.15, 0.2) is 0 Å². The molecule has 0 saturated carbocycles. The average molecular weight is 259 g/mol. The van der Waals surface area contributed by atoms with E-state index in [9.17, 15) is 8.78 Å². The Morgan fingerprint density at radius 2 is 1.83 bits per heavy atom. The van der Waals surface area contributed by atoms with E-state index in [0.717, 1.165) is 25.9 Å². The highest BCUT2D eigenvalue weighted by molar-refractivity contribution is 5.43. The lowest BCUT2D eigenvalue weighted by Crippen LogP contribution is -2.24. The van der Waals surface area contributed by atoms with Crippen molar-refractivity contribution in [1.82, 2.24) is 15.0 Å². The number of nitrogen functional groups attached to an aromatic ring is 1. The fourth-order valence-corrected chi connectivity index (χ4v) is 1.74. The second kappa shape index (κ2) is 5.71. The van der Waals surface area contributed by atoms with E-state index >= 15 is 0 Å². The number of anilines is 3. The first-order valence-corrected chi connectivity index (χ1v) is 5.68. The van der Waals surface area contributed by atoms with E-state index in [1.807, 2.05) is 4.90 Å². The molecular formula is C9H15F2N7. The molecule has 9 heteroatoms. The van der Waals surface area contributed by atoms with Gasteiger partial charge in [0, 0.05) is 13.1 Å². The maximum Gasteiger partial charge on any atom is 0.255 e. The maximum atomic E-state index is 12.1. The highest BCUT2D eigenvalue weighted by Gasteiger charge is 2.17. The first-order chi connectivity index (χ1) is 8.69. The zero-order valence-corrected chi connectivity index (χ0v) is 9.74. The van der Waals surface area contributed by atoms with E-state index in [4.69, 9.17) is 5.84 Å². The van der Waals surface area contributed by atoms with E-state index in [-0.39, 0.29) is 11.9 Å². The van der Waals surface area contributed by atoms with Gasteiger partial charge in [-0.05, 0) is 12.8 Å². The van der Waals surface area contributed by atoms with Gasteiger partial charge in [0.25, 0.3) is 6.43 Å². The van der Waals surface area contributed by atoms with Crippen molar-refractivity contribution in [3.05, 3.63) is 0 Å². The van der Waals surface area contributed by atoms with Crippen LogP contribution in [0.1, 0.15) is 12.8 Å². The van der Waals surface area contributed by atoms with Crippen molar-refractivity contribution in [2.24, 2.45) is 5.84 Å². The lowest BCUT2D eigenvalue weighted by Gasteiger charge is -2.16. The molecule has 1 aliphatic rings. The summed E-state index contributed by atoms with van der Waals surface area (Å²) in [5.74, 6) is 5.95. The molecule has 0 aromatic carbocycles. The number of aromatic nitrogens is 3. The number of nitrogens with zero attached hydrogens (tertiary/aromatic N) is 4. The minimum Gasteiger partial charge on any atom is -0.348 e. The van der Waals surface area contributed by atoms with Crippen molar-refractivity contribution in [3.8, 4) is 0 Å². The second-order valence-corrected chi connectivity index (χ2v) is 3.89. The second-order valence-electron chi connectivity index (χ2n) is 3.89. The maximum absolute atomic E-state index is 12.1. The molecular weight excluding hydrogens is 244 g/mol. The summed E-state index contributed by atoms with van der Waals surface area (Å²) in [7, 11) is 0.